The van der Waals surface area contributed by atoms with E-state index in [2.05, 4.69) is 18.7 Å². The van der Waals surface area contributed by atoms with Gasteiger partial charge in [0, 0.05) is 50.6 Å². The van der Waals surface area contributed by atoms with Gasteiger partial charge in [0.15, 0.2) is 0 Å². The van der Waals surface area contributed by atoms with Crippen LogP contribution in [0.4, 0.5) is 5.69 Å². The Hall–Kier alpha value is -2.94. The topological polar surface area (TPSA) is 99.6 Å². The van der Waals surface area contributed by atoms with Crippen LogP contribution in [-0.4, -0.2) is 44.7 Å². The second-order valence-corrected chi connectivity index (χ2v) is 7.21. The number of hydrogen-bond acceptors (Lipinski definition) is 6. The van der Waals surface area contributed by atoms with Gasteiger partial charge in [-0.1, -0.05) is 0 Å². The molecular formula is C20H28N4O5. The first-order valence-electron chi connectivity index (χ1n) is 9.58. The smallest absolute Gasteiger partial charge is 0.330 e. The van der Waals surface area contributed by atoms with Crippen LogP contribution in [0, 0.1) is 10.1 Å². The molecule has 0 atom stereocenters. The van der Waals surface area contributed by atoms with Crippen molar-refractivity contribution in [3.63, 3.8) is 0 Å². The Bertz CT molecular complexity index is 947. The summed E-state index contributed by atoms with van der Waals surface area (Å²) >= 11 is 0. The van der Waals surface area contributed by atoms with E-state index in [0.717, 1.165) is 23.2 Å². The second-order valence-electron chi connectivity index (χ2n) is 7.21. The van der Waals surface area contributed by atoms with Crippen LogP contribution < -0.4 is 16.0 Å². The summed E-state index contributed by atoms with van der Waals surface area (Å²) in [6.07, 6.45) is 1.43. The summed E-state index contributed by atoms with van der Waals surface area (Å²) in [5.74, 6) is 0.592. The predicted molar refractivity (Wildman–Crippen MR) is 111 cm³/mol. The molecule has 0 aliphatic carbocycles. The molecule has 2 rings (SSSR count). The fraction of sp³-hybridized carbons (Fsp3) is 0.500. The van der Waals surface area contributed by atoms with Gasteiger partial charge in [0.05, 0.1) is 4.92 Å². The number of nitro benzene ring substituents is 1. The fourth-order valence-corrected chi connectivity index (χ4v) is 3.05. The zero-order valence-corrected chi connectivity index (χ0v) is 17.3. The molecule has 2 aromatic rings. The van der Waals surface area contributed by atoms with Crippen LogP contribution in [0.25, 0.3) is 0 Å². The lowest BCUT2D eigenvalue weighted by Crippen LogP contribution is -2.38. The van der Waals surface area contributed by atoms with Gasteiger partial charge in [-0.3, -0.25) is 24.4 Å². The van der Waals surface area contributed by atoms with E-state index in [1.165, 1.54) is 29.8 Å². The van der Waals surface area contributed by atoms with E-state index in [1.54, 1.807) is 19.2 Å². The van der Waals surface area contributed by atoms with Gasteiger partial charge in [-0.05, 0) is 45.4 Å². The number of hydrogen-bond donors (Lipinski definition) is 0. The second kappa shape index (κ2) is 10.0. The highest BCUT2D eigenvalue weighted by Gasteiger charge is 2.12. The standard InChI is InChI=1S/C20H28N4O5/c1-15(2)23(12-13-29-18-9-7-16(8-10-18)24(27)28)11-5-6-17-14-19(25)22(4)20(26)21(17)3/h7-10,14-15H,5-6,11-13H2,1-4H3. The number of aromatic nitrogens is 2. The molecule has 0 fully saturated rings. The van der Waals surface area contributed by atoms with E-state index in [4.69, 9.17) is 4.74 Å². The number of aryl methyl sites for hydroxylation is 1. The van der Waals surface area contributed by atoms with Crippen LogP contribution in [-0.2, 0) is 20.5 Å². The van der Waals surface area contributed by atoms with Gasteiger partial charge in [0.2, 0.25) is 0 Å². The molecule has 0 aliphatic heterocycles. The highest BCUT2D eigenvalue weighted by Crippen LogP contribution is 2.17. The van der Waals surface area contributed by atoms with E-state index in [1.807, 2.05) is 0 Å². The van der Waals surface area contributed by atoms with Gasteiger partial charge in [-0.2, -0.15) is 0 Å². The molecule has 1 aromatic carbocycles. The lowest BCUT2D eigenvalue weighted by atomic mass is 10.2. The maximum atomic E-state index is 12.0. The lowest BCUT2D eigenvalue weighted by molar-refractivity contribution is -0.384. The van der Waals surface area contributed by atoms with E-state index in [0.29, 0.717) is 31.4 Å². The summed E-state index contributed by atoms with van der Waals surface area (Å²) in [7, 11) is 3.15. The van der Waals surface area contributed by atoms with Gasteiger partial charge in [-0.15, -0.1) is 0 Å². The molecular weight excluding hydrogens is 376 g/mol. The Balaban J connectivity index is 1.87. The van der Waals surface area contributed by atoms with Crippen molar-refractivity contribution < 1.29 is 9.66 Å². The van der Waals surface area contributed by atoms with Crippen molar-refractivity contribution in [3.05, 3.63) is 67.0 Å². The minimum Gasteiger partial charge on any atom is -0.492 e. The van der Waals surface area contributed by atoms with Gasteiger partial charge in [0.25, 0.3) is 11.2 Å². The molecule has 158 valence electrons. The lowest BCUT2D eigenvalue weighted by Gasteiger charge is -2.26. The Morgan fingerprint density at radius 2 is 1.76 bits per heavy atom. The Kier molecular flexibility index (Phi) is 7.72. The number of non-ortho nitro benzene ring substituents is 1. The molecule has 0 saturated heterocycles. The molecule has 9 nitrogen and oxygen atoms in total. The average molecular weight is 404 g/mol. The van der Waals surface area contributed by atoms with E-state index < -0.39 is 4.92 Å². The molecule has 0 N–H and O–H groups in total. The van der Waals surface area contributed by atoms with Crippen molar-refractivity contribution in [1.82, 2.24) is 14.0 Å². The first-order chi connectivity index (χ1) is 13.7. The third-order valence-electron chi connectivity index (χ3n) is 4.93. The quantitative estimate of drug-likeness (QED) is 0.442. The van der Waals surface area contributed by atoms with Crippen molar-refractivity contribution in [2.24, 2.45) is 14.1 Å². The summed E-state index contributed by atoms with van der Waals surface area (Å²) in [6.45, 7) is 6.15. The van der Waals surface area contributed by atoms with Gasteiger partial charge in [-0.25, -0.2) is 4.79 Å². The first kappa shape index (κ1) is 22.4. The van der Waals surface area contributed by atoms with Crippen LogP contribution in [0.2, 0.25) is 0 Å². The van der Waals surface area contributed by atoms with Gasteiger partial charge >= 0.3 is 5.69 Å². The molecule has 29 heavy (non-hydrogen) atoms. The van der Waals surface area contributed by atoms with Crippen LogP contribution in [0.5, 0.6) is 5.75 Å². The monoisotopic (exact) mass is 404 g/mol. The Labute approximate surface area is 169 Å². The van der Waals surface area contributed by atoms with Crippen molar-refractivity contribution in [2.45, 2.75) is 32.7 Å². The Morgan fingerprint density at radius 1 is 1.10 bits per heavy atom. The third-order valence-corrected chi connectivity index (χ3v) is 4.93. The van der Waals surface area contributed by atoms with Crippen molar-refractivity contribution in [3.8, 4) is 5.75 Å². The predicted octanol–water partition coefficient (Wildman–Crippen LogP) is 1.71. The van der Waals surface area contributed by atoms with E-state index in [-0.39, 0.29) is 16.9 Å². The first-order valence-corrected chi connectivity index (χ1v) is 9.58. The summed E-state index contributed by atoms with van der Waals surface area (Å²) < 4.78 is 8.31. The molecule has 0 unspecified atom stereocenters. The molecule has 0 radical (unpaired) electrons. The number of nitro groups is 1. The average Bonchev–Trinajstić information content (AvgIpc) is 2.69. The number of ether oxygens (including phenoxy) is 1. The highest BCUT2D eigenvalue weighted by atomic mass is 16.6. The van der Waals surface area contributed by atoms with Crippen LogP contribution in [0.3, 0.4) is 0 Å². The summed E-state index contributed by atoms with van der Waals surface area (Å²) in [5, 5.41) is 10.7. The summed E-state index contributed by atoms with van der Waals surface area (Å²) in [6, 6.07) is 7.85. The van der Waals surface area contributed by atoms with Crippen LogP contribution >= 0.6 is 0 Å². The van der Waals surface area contributed by atoms with E-state index >= 15 is 0 Å². The molecule has 1 aromatic heterocycles. The third kappa shape index (κ3) is 6.02. The normalized spacial score (nSPS) is 11.2. The maximum absolute atomic E-state index is 12.0. The number of benzene rings is 1. The molecule has 0 aliphatic rings. The van der Waals surface area contributed by atoms with Crippen molar-refractivity contribution >= 4 is 5.69 Å². The van der Waals surface area contributed by atoms with Crippen molar-refractivity contribution in [1.29, 1.82) is 0 Å². The minimum absolute atomic E-state index is 0.0336. The molecule has 0 amide bonds. The number of rotatable bonds is 10. The van der Waals surface area contributed by atoms with Gasteiger partial charge in [0.1, 0.15) is 12.4 Å². The molecule has 1 heterocycles. The van der Waals surface area contributed by atoms with Crippen LogP contribution in [0.15, 0.2) is 39.9 Å². The minimum atomic E-state index is -0.442. The fourth-order valence-electron chi connectivity index (χ4n) is 3.05. The van der Waals surface area contributed by atoms with Crippen LogP contribution in [0.1, 0.15) is 26.0 Å². The molecule has 0 bridgehead atoms. The summed E-state index contributed by atoms with van der Waals surface area (Å²) in [4.78, 5) is 36.4. The Morgan fingerprint density at radius 3 is 2.34 bits per heavy atom. The summed E-state index contributed by atoms with van der Waals surface area (Å²) in [5.41, 5.74) is 0.153. The molecule has 0 saturated carbocycles. The van der Waals surface area contributed by atoms with Gasteiger partial charge < -0.3 is 9.30 Å². The zero-order valence-electron chi connectivity index (χ0n) is 17.3. The van der Waals surface area contributed by atoms with Crippen molar-refractivity contribution in [2.75, 3.05) is 19.7 Å². The SMILES string of the molecule is CC(C)N(CCCc1cc(=O)n(C)c(=O)n1C)CCOc1ccc([N+](=O)[O-])cc1. The highest BCUT2D eigenvalue weighted by molar-refractivity contribution is 5.35. The van der Waals surface area contributed by atoms with E-state index in [9.17, 15) is 19.7 Å². The number of nitrogens with zero attached hydrogens (tertiary/aromatic N) is 4. The molecule has 9 heteroatoms. The molecule has 0 spiro atoms. The maximum Gasteiger partial charge on any atom is 0.330 e. The largest absolute Gasteiger partial charge is 0.492 e. The zero-order chi connectivity index (χ0) is 21.6.